The first-order chi connectivity index (χ1) is 12.5. The second-order valence-electron chi connectivity index (χ2n) is 5.73. The van der Waals surface area contributed by atoms with Crippen molar-refractivity contribution in [3.8, 4) is 0 Å². The lowest BCUT2D eigenvalue weighted by molar-refractivity contribution is -0.116. The summed E-state index contributed by atoms with van der Waals surface area (Å²) in [6, 6.07) is 9.15. The summed E-state index contributed by atoms with van der Waals surface area (Å²) in [5, 5.41) is 3.72. The molecule has 0 aliphatic heterocycles. The Morgan fingerprint density at radius 3 is 2.69 bits per heavy atom. The quantitative estimate of drug-likeness (QED) is 0.498. The van der Waals surface area contributed by atoms with Crippen molar-refractivity contribution in [3.63, 3.8) is 0 Å². The van der Waals surface area contributed by atoms with E-state index in [-0.39, 0.29) is 17.2 Å². The number of thioether (sulfide) groups is 1. The largest absolute Gasteiger partial charge is 0.321 e. The number of para-hydroxylation sites is 1. The molecule has 0 unspecified atom stereocenters. The fourth-order valence-corrected chi connectivity index (χ4v) is 4.45. The third-order valence-electron chi connectivity index (χ3n) is 3.71. The predicted molar refractivity (Wildman–Crippen MR) is 105 cm³/mol. The Labute approximate surface area is 158 Å². The number of hydrogen-bond acceptors (Lipinski definition) is 6. The van der Waals surface area contributed by atoms with Crippen LogP contribution in [0.4, 0.5) is 5.69 Å². The number of carbonyl (C=O) groups excluding carboxylic acids is 2. The van der Waals surface area contributed by atoms with Crippen molar-refractivity contribution in [1.82, 2.24) is 9.97 Å². The Hall–Kier alpha value is -2.45. The third kappa shape index (κ3) is 4.03. The molecule has 0 aliphatic rings. The summed E-state index contributed by atoms with van der Waals surface area (Å²) < 4.78 is 0. The standard InChI is InChI=1S/C18H17N3O3S2/c1-10(22)8-9-25-18-20-15(23)13-11(2)14(26-17(13)21-18)16(24)19-12-6-4-3-5-7-12/h3-7H,8-9H2,1-2H3,(H,19,24)(H,20,21,23). The number of aromatic nitrogens is 2. The number of aryl methyl sites for hydroxylation is 1. The molecule has 0 saturated heterocycles. The molecule has 0 saturated carbocycles. The average molecular weight is 387 g/mol. The summed E-state index contributed by atoms with van der Waals surface area (Å²) in [4.78, 5) is 44.2. The second kappa shape index (κ2) is 7.84. The van der Waals surface area contributed by atoms with Gasteiger partial charge in [-0.2, -0.15) is 0 Å². The lowest BCUT2D eigenvalue weighted by Gasteiger charge is -2.03. The van der Waals surface area contributed by atoms with Crippen molar-refractivity contribution in [2.75, 3.05) is 11.1 Å². The fourth-order valence-electron chi connectivity index (χ4n) is 2.41. The Morgan fingerprint density at radius 2 is 2.00 bits per heavy atom. The number of aromatic amines is 1. The van der Waals surface area contributed by atoms with Crippen LogP contribution in [0.1, 0.15) is 28.6 Å². The zero-order chi connectivity index (χ0) is 18.7. The summed E-state index contributed by atoms with van der Waals surface area (Å²) in [6.45, 7) is 3.28. The van der Waals surface area contributed by atoms with Crippen molar-refractivity contribution in [2.24, 2.45) is 0 Å². The van der Waals surface area contributed by atoms with Gasteiger partial charge in [-0.05, 0) is 31.5 Å². The molecule has 6 nitrogen and oxygen atoms in total. The molecule has 26 heavy (non-hydrogen) atoms. The van der Waals surface area contributed by atoms with Gasteiger partial charge in [-0.3, -0.25) is 14.4 Å². The van der Waals surface area contributed by atoms with Crippen molar-refractivity contribution >= 4 is 50.7 Å². The maximum Gasteiger partial charge on any atom is 0.266 e. The van der Waals surface area contributed by atoms with E-state index in [1.807, 2.05) is 18.2 Å². The Kier molecular flexibility index (Phi) is 5.53. The molecule has 0 bridgehead atoms. The topological polar surface area (TPSA) is 91.9 Å². The molecule has 0 aliphatic carbocycles. The van der Waals surface area contributed by atoms with Gasteiger partial charge in [0, 0.05) is 17.9 Å². The van der Waals surface area contributed by atoms with E-state index in [4.69, 9.17) is 0 Å². The van der Waals surface area contributed by atoms with Crippen LogP contribution >= 0.6 is 23.1 Å². The molecule has 134 valence electrons. The Morgan fingerprint density at radius 1 is 1.27 bits per heavy atom. The molecule has 8 heteroatoms. The van der Waals surface area contributed by atoms with Gasteiger partial charge in [-0.1, -0.05) is 30.0 Å². The van der Waals surface area contributed by atoms with Gasteiger partial charge in [0.25, 0.3) is 11.5 Å². The van der Waals surface area contributed by atoms with E-state index in [0.29, 0.717) is 43.7 Å². The monoisotopic (exact) mass is 387 g/mol. The van der Waals surface area contributed by atoms with Gasteiger partial charge in [0.15, 0.2) is 5.16 Å². The third-order valence-corrected chi connectivity index (χ3v) is 5.77. The molecule has 3 rings (SSSR count). The highest BCUT2D eigenvalue weighted by molar-refractivity contribution is 7.99. The van der Waals surface area contributed by atoms with E-state index >= 15 is 0 Å². The van der Waals surface area contributed by atoms with E-state index in [9.17, 15) is 14.4 Å². The first-order valence-electron chi connectivity index (χ1n) is 7.97. The number of hydrogen-bond donors (Lipinski definition) is 2. The SMILES string of the molecule is CC(=O)CCSc1nc2sc(C(=O)Nc3ccccc3)c(C)c2c(=O)[nH]1. The van der Waals surface area contributed by atoms with Crippen LogP contribution in [-0.4, -0.2) is 27.4 Å². The highest BCUT2D eigenvalue weighted by atomic mass is 32.2. The molecule has 0 spiro atoms. The first kappa shape index (κ1) is 18.3. The van der Waals surface area contributed by atoms with E-state index in [0.717, 1.165) is 0 Å². The minimum Gasteiger partial charge on any atom is -0.321 e. The lowest BCUT2D eigenvalue weighted by Crippen LogP contribution is -2.12. The number of H-pyrrole nitrogens is 1. The zero-order valence-corrected chi connectivity index (χ0v) is 15.9. The van der Waals surface area contributed by atoms with Crippen LogP contribution in [0, 0.1) is 6.92 Å². The molecule has 1 aromatic carbocycles. The van der Waals surface area contributed by atoms with E-state index in [2.05, 4.69) is 15.3 Å². The van der Waals surface area contributed by atoms with E-state index in [1.165, 1.54) is 30.0 Å². The van der Waals surface area contributed by atoms with Gasteiger partial charge in [0.05, 0.1) is 10.3 Å². The van der Waals surface area contributed by atoms with Crippen molar-refractivity contribution in [2.45, 2.75) is 25.4 Å². The van der Waals surface area contributed by atoms with Crippen LogP contribution < -0.4 is 10.9 Å². The normalized spacial score (nSPS) is 10.8. The van der Waals surface area contributed by atoms with Crippen molar-refractivity contribution < 1.29 is 9.59 Å². The van der Waals surface area contributed by atoms with Crippen LogP contribution in [0.15, 0.2) is 40.3 Å². The second-order valence-corrected chi connectivity index (χ2v) is 7.81. The molecule has 0 radical (unpaired) electrons. The van der Waals surface area contributed by atoms with E-state index in [1.54, 1.807) is 19.1 Å². The molecule has 2 heterocycles. The maximum absolute atomic E-state index is 12.6. The average Bonchev–Trinajstić information content (AvgIpc) is 2.93. The summed E-state index contributed by atoms with van der Waals surface area (Å²) in [5.74, 6) is 0.379. The molecular formula is C18H17N3O3S2. The summed E-state index contributed by atoms with van der Waals surface area (Å²) >= 11 is 2.52. The minimum atomic E-state index is -0.271. The zero-order valence-electron chi connectivity index (χ0n) is 14.3. The number of Topliss-reactive ketones (excluding diaryl/α,β-unsaturated/α-hetero) is 1. The number of anilines is 1. The van der Waals surface area contributed by atoms with Gasteiger partial charge >= 0.3 is 0 Å². The summed E-state index contributed by atoms with van der Waals surface area (Å²) in [7, 11) is 0. The number of ketones is 1. The number of amides is 1. The minimum absolute atomic E-state index is 0.0905. The Bertz CT molecular complexity index is 1030. The number of fused-ring (bicyclic) bond motifs is 1. The summed E-state index contributed by atoms with van der Waals surface area (Å²) in [5.41, 5.74) is 1.04. The molecule has 2 aromatic heterocycles. The number of rotatable bonds is 6. The fraction of sp³-hybridized carbons (Fsp3) is 0.222. The highest BCUT2D eigenvalue weighted by Gasteiger charge is 2.19. The molecular weight excluding hydrogens is 370 g/mol. The molecule has 1 amide bonds. The highest BCUT2D eigenvalue weighted by Crippen LogP contribution is 2.29. The first-order valence-corrected chi connectivity index (χ1v) is 9.78. The molecule has 0 atom stereocenters. The number of nitrogens with one attached hydrogen (secondary N) is 2. The van der Waals surface area contributed by atoms with Crippen LogP contribution in [0.5, 0.6) is 0 Å². The van der Waals surface area contributed by atoms with Gasteiger partial charge < -0.3 is 10.3 Å². The van der Waals surface area contributed by atoms with Crippen LogP contribution in [0.3, 0.4) is 0 Å². The van der Waals surface area contributed by atoms with Crippen molar-refractivity contribution in [3.05, 3.63) is 51.1 Å². The summed E-state index contributed by atoms with van der Waals surface area (Å²) in [6.07, 6.45) is 0.417. The van der Waals surface area contributed by atoms with Gasteiger partial charge in [-0.15, -0.1) is 11.3 Å². The molecule has 3 aromatic rings. The Balaban J connectivity index is 1.89. The predicted octanol–water partition coefficient (Wildman–Crippen LogP) is 3.62. The van der Waals surface area contributed by atoms with Gasteiger partial charge in [0.1, 0.15) is 10.6 Å². The lowest BCUT2D eigenvalue weighted by atomic mass is 10.2. The molecule has 2 N–H and O–H groups in total. The van der Waals surface area contributed by atoms with Crippen LogP contribution in [0.25, 0.3) is 10.2 Å². The number of nitrogens with zero attached hydrogens (tertiary/aromatic N) is 1. The van der Waals surface area contributed by atoms with Crippen molar-refractivity contribution in [1.29, 1.82) is 0 Å². The molecule has 0 fully saturated rings. The van der Waals surface area contributed by atoms with Gasteiger partial charge in [-0.25, -0.2) is 4.98 Å². The van der Waals surface area contributed by atoms with Gasteiger partial charge in [0.2, 0.25) is 0 Å². The van der Waals surface area contributed by atoms with Crippen LogP contribution in [-0.2, 0) is 4.79 Å². The number of benzene rings is 1. The maximum atomic E-state index is 12.6. The number of carbonyl (C=O) groups is 2. The van der Waals surface area contributed by atoms with Crippen LogP contribution in [0.2, 0.25) is 0 Å². The van der Waals surface area contributed by atoms with E-state index < -0.39 is 0 Å². The number of thiophene rings is 1. The smallest absolute Gasteiger partial charge is 0.266 e.